The fourth-order valence-electron chi connectivity index (χ4n) is 2.49. The predicted molar refractivity (Wildman–Crippen MR) is 74.2 cm³/mol. The van der Waals surface area contributed by atoms with Gasteiger partial charge >= 0.3 is 0 Å². The highest BCUT2D eigenvalue weighted by Gasteiger charge is 2.34. The Hall–Kier alpha value is -1.66. The lowest BCUT2D eigenvalue weighted by Gasteiger charge is -2.38. The van der Waals surface area contributed by atoms with E-state index in [1.165, 1.54) is 0 Å². The van der Waals surface area contributed by atoms with Gasteiger partial charge in [0.2, 0.25) is 0 Å². The van der Waals surface area contributed by atoms with Gasteiger partial charge in [-0.2, -0.15) is 4.98 Å². The van der Waals surface area contributed by atoms with Crippen molar-refractivity contribution in [2.75, 3.05) is 26.2 Å². The molecule has 3 rings (SSSR count). The van der Waals surface area contributed by atoms with Crippen molar-refractivity contribution in [3.8, 4) is 11.7 Å². The first-order valence-corrected chi connectivity index (χ1v) is 6.94. The minimum atomic E-state index is -0.245. The second-order valence-corrected chi connectivity index (χ2v) is 5.63. The Labute approximate surface area is 118 Å². The number of hydrogen-bond donors (Lipinski definition) is 1. The number of aromatic nitrogens is 2. The monoisotopic (exact) mass is 276 g/mol. The highest BCUT2D eigenvalue weighted by molar-refractivity contribution is 5.44. The standard InChI is InChI=1S/C14H20N4O2/c1-10-4-5-11(19-10)12-16-13(17-20-12)14(2,3)18-8-6-15-7-9-18/h4-5,15H,6-9H2,1-3H3. The van der Waals surface area contributed by atoms with Gasteiger partial charge in [0.25, 0.3) is 5.89 Å². The van der Waals surface area contributed by atoms with Gasteiger partial charge in [-0.05, 0) is 32.9 Å². The minimum absolute atomic E-state index is 0.245. The summed E-state index contributed by atoms with van der Waals surface area (Å²) in [6.45, 7) is 10.1. The summed E-state index contributed by atoms with van der Waals surface area (Å²) in [6.07, 6.45) is 0. The van der Waals surface area contributed by atoms with Gasteiger partial charge in [0.05, 0.1) is 5.54 Å². The Kier molecular flexibility index (Phi) is 3.35. The van der Waals surface area contributed by atoms with Gasteiger partial charge in [0.1, 0.15) is 5.76 Å². The van der Waals surface area contributed by atoms with Crippen LogP contribution in [0.4, 0.5) is 0 Å². The summed E-state index contributed by atoms with van der Waals surface area (Å²) >= 11 is 0. The Morgan fingerprint density at radius 3 is 2.65 bits per heavy atom. The molecule has 3 heterocycles. The van der Waals surface area contributed by atoms with E-state index < -0.39 is 0 Å². The van der Waals surface area contributed by atoms with Crippen molar-refractivity contribution in [3.05, 3.63) is 23.7 Å². The molecule has 1 N–H and O–H groups in total. The van der Waals surface area contributed by atoms with Crippen LogP contribution in [0.25, 0.3) is 11.7 Å². The SMILES string of the molecule is Cc1ccc(-c2nc(C(C)(C)N3CCNCC3)no2)o1. The highest BCUT2D eigenvalue weighted by Crippen LogP contribution is 2.28. The lowest BCUT2D eigenvalue weighted by atomic mass is 10.0. The number of hydrogen-bond acceptors (Lipinski definition) is 6. The molecule has 6 nitrogen and oxygen atoms in total. The smallest absolute Gasteiger partial charge is 0.293 e. The molecule has 1 fully saturated rings. The molecule has 0 bridgehead atoms. The van der Waals surface area contributed by atoms with E-state index in [1.807, 2.05) is 19.1 Å². The largest absolute Gasteiger partial charge is 0.456 e. The van der Waals surface area contributed by atoms with E-state index in [2.05, 4.69) is 34.2 Å². The molecule has 0 saturated carbocycles. The van der Waals surface area contributed by atoms with E-state index in [1.54, 1.807) is 0 Å². The summed E-state index contributed by atoms with van der Waals surface area (Å²) < 4.78 is 10.9. The summed E-state index contributed by atoms with van der Waals surface area (Å²) in [5.41, 5.74) is -0.245. The predicted octanol–water partition coefficient (Wildman–Crippen LogP) is 1.78. The Balaban J connectivity index is 1.85. The lowest BCUT2D eigenvalue weighted by Crippen LogP contribution is -2.52. The zero-order valence-corrected chi connectivity index (χ0v) is 12.1. The topological polar surface area (TPSA) is 67.3 Å². The summed E-state index contributed by atoms with van der Waals surface area (Å²) in [4.78, 5) is 6.87. The quantitative estimate of drug-likeness (QED) is 0.921. The van der Waals surface area contributed by atoms with Crippen LogP contribution in [0.5, 0.6) is 0 Å². The number of rotatable bonds is 3. The van der Waals surface area contributed by atoms with E-state index >= 15 is 0 Å². The average molecular weight is 276 g/mol. The first-order chi connectivity index (χ1) is 9.57. The zero-order valence-electron chi connectivity index (χ0n) is 12.1. The van der Waals surface area contributed by atoms with Gasteiger partial charge in [0.15, 0.2) is 11.6 Å². The first-order valence-electron chi connectivity index (χ1n) is 6.94. The van der Waals surface area contributed by atoms with Crippen LogP contribution >= 0.6 is 0 Å². The van der Waals surface area contributed by atoms with Crippen molar-refractivity contribution in [1.29, 1.82) is 0 Å². The summed E-state index contributed by atoms with van der Waals surface area (Å²) in [5.74, 6) is 2.60. The molecule has 0 amide bonds. The number of furan rings is 1. The third kappa shape index (κ3) is 2.36. The number of nitrogens with zero attached hydrogens (tertiary/aromatic N) is 3. The molecule has 0 aliphatic carbocycles. The molecule has 0 radical (unpaired) electrons. The Morgan fingerprint density at radius 1 is 1.25 bits per heavy atom. The Morgan fingerprint density at radius 2 is 2.00 bits per heavy atom. The second kappa shape index (κ2) is 5.03. The van der Waals surface area contributed by atoms with E-state index in [0.717, 1.165) is 31.9 Å². The molecule has 6 heteroatoms. The van der Waals surface area contributed by atoms with Crippen molar-refractivity contribution in [2.24, 2.45) is 0 Å². The highest BCUT2D eigenvalue weighted by atomic mass is 16.5. The molecular formula is C14H20N4O2. The van der Waals surface area contributed by atoms with Gasteiger partial charge in [-0.25, -0.2) is 0 Å². The van der Waals surface area contributed by atoms with Crippen LogP contribution < -0.4 is 5.32 Å². The van der Waals surface area contributed by atoms with Gasteiger partial charge in [-0.1, -0.05) is 5.16 Å². The van der Waals surface area contributed by atoms with Crippen LogP contribution in [-0.4, -0.2) is 41.2 Å². The molecule has 0 unspecified atom stereocenters. The fourth-order valence-corrected chi connectivity index (χ4v) is 2.49. The molecule has 1 aliphatic rings. The zero-order chi connectivity index (χ0) is 14.2. The van der Waals surface area contributed by atoms with Crippen LogP contribution in [0.2, 0.25) is 0 Å². The van der Waals surface area contributed by atoms with Crippen LogP contribution in [-0.2, 0) is 5.54 Å². The second-order valence-electron chi connectivity index (χ2n) is 5.63. The van der Waals surface area contributed by atoms with Gasteiger partial charge in [0, 0.05) is 26.2 Å². The summed E-state index contributed by atoms with van der Waals surface area (Å²) in [7, 11) is 0. The van der Waals surface area contributed by atoms with Crippen LogP contribution in [0, 0.1) is 6.92 Å². The maximum absolute atomic E-state index is 5.52. The van der Waals surface area contributed by atoms with Gasteiger partial charge in [-0.3, -0.25) is 4.90 Å². The van der Waals surface area contributed by atoms with Gasteiger partial charge < -0.3 is 14.3 Å². The molecule has 1 saturated heterocycles. The van der Waals surface area contributed by atoms with Crippen molar-refractivity contribution < 1.29 is 8.94 Å². The first kappa shape index (κ1) is 13.3. The van der Waals surface area contributed by atoms with E-state index in [0.29, 0.717) is 17.5 Å². The van der Waals surface area contributed by atoms with Crippen molar-refractivity contribution in [3.63, 3.8) is 0 Å². The van der Waals surface area contributed by atoms with Crippen molar-refractivity contribution in [2.45, 2.75) is 26.3 Å². The summed E-state index contributed by atoms with van der Waals surface area (Å²) in [5, 5.41) is 7.49. The molecule has 1 aliphatic heterocycles. The van der Waals surface area contributed by atoms with Crippen molar-refractivity contribution >= 4 is 0 Å². The molecule has 0 spiro atoms. The van der Waals surface area contributed by atoms with Crippen LogP contribution in [0.3, 0.4) is 0 Å². The Bertz CT molecular complexity index is 582. The molecule has 108 valence electrons. The number of piperazine rings is 1. The maximum Gasteiger partial charge on any atom is 0.293 e. The molecule has 0 aromatic carbocycles. The van der Waals surface area contributed by atoms with Crippen molar-refractivity contribution in [1.82, 2.24) is 20.4 Å². The molecular weight excluding hydrogens is 256 g/mol. The summed E-state index contributed by atoms with van der Waals surface area (Å²) in [6, 6.07) is 3.74. The van der Waals surface area contributed by atoms with Crippen LogP contribution in [0.1, 0.15) is 25.4 Å². The third-order valence-corrected chi connectivity index (χ3v) is 3.83. The molecule has 2 aromatic heterocycles. The fraction of sp³-hybridized carbons (Fsp3) is 0.571. The maximum atomic E-state index is 5.52. The normalized spacial score (nSPS) is 17.6. The van der Waals surface area contributed by atoms with Crippen LogP contribution in [0.15, 0.2) is 21.1 Å². The number of aryl methyl sites for hydroxylation is 1. The van der Waals surface area contributed by atoms with Gasteiger partial charge in [-0.15, -0.1) is 0 Å². The van der Waals surface area contributed by atoms with E-state index in [-0.39, 0.29) is 5.54 Å². The number of nitrogens with one attached hydrogen (secondary N) is 1. The average Bonchev–Trinajstić information content (AvgIpc) is 3.08. The minimum Gasteiger partial charge on any atom is -0.456 e. The molecule has 2 aromatic rings. The third-order valence-electron chi connectivity index (χ3n) is 3.83. The van der Waals surface area contributed by atoms with E-state index in [9.17, 15) is 0 Å². The van der Waals surface area contributed by atoms with E-state index in [4.69, 9.17) is 8.94 Å². The lowest BCUT2D eigenvalue weighted by molar-refractivity contribution is 0.0924. The molecule has 0 atom stereocenters. The molecule has 20 heavy (non-hydrogen) atoms.